The maximum atomic E-state index is 14.3. The highest BCUT2D eigenvalue weighted by molar-refractivity contribution is 7.17. The van der Waals surface area contributed by atoms with Gasteiger partial charge in [-0.15, -0.1) is 11.3 Å². The molecule has 1 aliphatic carbocycles. The van der Waals surface area contributed by atoms with Crippen LogP contribution in [-0.4, -0.2) is 49.9 Å². The number of nitriles is 1. The zero-order valence-electron chi connectivity index (χ0n) is 22.1. The molecule has 0 radical (unpaired) electrons. The zero-order valence-corrected chi connectivity index (χ0v) is 22.9. The minimum atomic E-state index is -0.681. The normalized spacial score (nSPS) is 19.7. The number of aromatic nitrogens is 4. The van der Waals surface area contributed by atoms with Crippen molar-refractivity contribution in [2.75, 3.05) is 13.1 Å². The van der Waals surface area contributed by atoms with Gasteiger partial charge in [-0.25, -0.2) is 24.3 Å². The van der Waals surface area contributed by atoms with Gasteiger partial charge in [-0.1, -0.05) is 6.07 Å². The van der Waals surface area contributed by atoms with Crippen molar-refractivity contribution in [3.05, 3.63) is 76.3 Å². The van der Waals surface area contributed by atoms with Crippen LogP contribution in [0, 0.1) is 35.9 Å². The van der Waals surface area contributed by atoms with Gasteiger partial charge in [0.1, 0.15) is 22.9 Å². The molecule has 3 aromatic heterocycles. The van der Waals surface area contributed by atoms with Crippen molar-refractivity contribution in [2.45, 2.75) is 32.4 Å². The maximum Gasteiger partial charge on any atom is 0.265 e. The highest BCUT2D eigenvalue weighted by Gasteiger charge is 2.59. The van der Waals surface area contributed by atoms with Crippen molar-refractivity contribution < 1.29 is 13.9 Å². The molecule has 202 valence electrons. The Balaban J connectivity index is 1.17. The van der Waals surface area contributed by atoms with Crippen molar-refractivity contribution in [2.24, 2.45) is 17.6 Å². The van der Waals surface area contributed by atoms with E-state index in [-0.39, 0.29) is 29.4 Å². The van der Waals surface area contributed by atoms with Crippen LogP contribution in [0.2, 0.25) is 0 Å². The van der Waals surface area contributed by atoms with E-state index in [0.717, 1.165) is 5.56 Å². The molecule has 9 nitrogen and oxygen atoms in total. The fourth-order valence-corrected chi connectivity index (χ4v) is 6.03. The highest BCUT2D eigenvalue weighted by atomic mass is 32.1. The van der Waals surface area contributed by atoms with Crippen LogP contribution in [0.15, 0.2) is 48.8 Å². The number of carbonyl (C=O) groups excluding carboxylic acids is 1. The number of carbonyl (C=O) groups is 1. The average molecular weight is 556 g/mol. The van der Waals surface area contributed by atoms with E-state index in [2.05, 4.69) is 19.9 Å². The number of rotatable bonds is 6. The van der Waals surface area contributed by atoms with Gasteiger partial charge in [0, 0.05) is 54.5 Å². The van der Waals surface area contributed by atoms with Gasteiger partial charge in [0.2, 0.25) is 5.88 Å². The van der Waals surface area contributed by atoms with Crippen LogP contribution in [-0.2, 0) is 5.54 Å². The lowest BCUT2D eigenvalue weighted by molar-refractivity contribution is 0.0755. The lowest BCUT2D eigenvalue weighted by Gasteiger charge is -2.22. The third-order valence-corrected chi connectivity index (χ3v) is 8.48. The van der Waals surface area contributed by atoms with Gasteiger partial charge in [0.25, 0.3) is 5.91 Å². The van der Waals surface area contributed by atoms with Crippen LogP contribution < -0.4 is 10.5 Å². The van der Waals surface area contributed by atoms with Gasteiger partial charge < -0.3 is 15.4 Å². The zero-order chi connectivity index (χ0) is 28.2. The summed E-state index contributed by atoms with van der Waals surface area (Å²) in [6.07, 6.45) is 3.23. The summed E-state index contributed by atoms with van der Waals surface area (Å²) in [5.74, 6) is 0.647. The summed E-state index contributed by atoms with van der Waals surface area (Å²) in [4.78, 5) is 33.4. The molecule has 2 aliphatic rings. The number of fused-ring (bicyclic) bond motifs is 1. The smallest absolute Gasteiger partial charge is 0.265 e. The third kappa shape index (κ3) is 4.80. The quantitative estimate of drug-likeness (QED) is 0.372. The molecular formula is C29H26FN7O2S. The summed E-state index contributed by atoms with van der Waals surface area (Å²) in [5, 5.41) is 9.69. The van der Waals surface area contributed by atoms with E-state index in [0.29, 0.717) is 51.6 Å². The molecule has 1 aliphatic heterocycles. The second-order valence-corrected chi connectivity index (χ2v) is 11.7. The topological polar surface area (TPSA) is 131 Å². The van der Waals surface area contributed by atoms with Gasteiger partial charge in [-0.2, -0.15) is 5.26 Å². The number of benzene rings is 1. The van der Waals surface area contributed by atoms with Crippen LogP contribution in [0.3, 0.4) is 0 Å². The molecule has 11 heteroatoms. The van der Waals surface area contributed by atoms with Crippen molar-refractivity contribution >= 4 is 17.2 Å². The van der Waals surface area contributed by atoms with E-state index >= 15 is 0 Å². The van der Waals surface area contributed by atoms with Crippen LogP contribution in [0.5, 0.6) is 5.88 Å². The molecule has 3 atom stereocenters. The number of hydrogen-bond acceptors (Lipinski definition) is 9. The maximum absolute atomic E-state index is 14.3. The van der Waals surface area contributed by atoms with Gasteiger partial charge in [-0.05, 0) is 50.6 Å². The number of amides is 1. The van der Waals surface area contributed by atoms with E-state index in [1.54, 1.807) is 24.5 Å². The van der Waals surface area contributed by atoms with E-state index in [4.69, 9.17) is 15.7 Å². The average Bonchev–Trinajstić information content (AvgIpc) is 3.25. The monoisotopic (exact) mass is 555 g/mol. The van der Waals surface area contributed by atoms with E-state index in [9.17, 15) is 9.18 Å². The Morgan fingerprint density at radius 3 is 2.55 bits per heavy atom. The van der Waals surface area contributed by atoms with Crippen molar-refractivity contribution in [3.8, 4) is 34.0 Å². The SMILES string of the molecule is Cc1nc(-c2ncccn2)sc1C(=O)N1C[C@@H]2C(Oc3cc(C(C)(C)N)cc(-c4ccc(C#N)c(F)c4)n3)[C@@H]2C1. The van der Waals surface area contributed by atoms with Gasteiger partial charge in [0.15, 0.2) is 10.8 Å². The van der Waals surface area contributed by atoms with Gasteiger partial charge in [0.05, 0.1) is 17.0 Å². The second-order valence-electron chi connectivity index (χ2n) is 10.7. The van der Waals surface area contributed by atoms with Crippen LogP contribution in [0.1, 0.15) is 40.3 Å². The lowest BCUT2D eigenvalue weighted by atomic mass is 9.94. The summed E-state index contributed by atoms with van der Waals surface area (Å²) in [6.45, 7) is 6.74. The Labute approximate surface area is 234 Å². The molecule has 1 unspecified atom stereocenters. The third-order valence-electron chi connectivity index (χ3n) is 7.34. The summed E-state index contributed by atoms with van der Waals surface area (Å²) < 4.78 is 20.6. The van der Waals surface area contributed by atoms with Crippen molar-refractivity contribution in [1.82, 2.24) is 24.8 Å². The van der Waals surface area contributed by atoms with Crippen LogP contribution in [0.25, 0.3) is 22.1 Å². The number of thiazole rings is 1. The number of piperidine rings is 1. The molecule has 4 heterocycles. The predicted octanol–water partition coefficient (Wildman–Crippen LogP) is 4.32. The Hall–Kier alpha value is -4.27. The Kier molecular flexibility index (Phi) is 6.32. The molecule has 6 rings (SSSR count). The number of ether oxygens (including phenoxy) is 1. The first-order valence-corrected chi connectivity index (χ1v) is 13.7. The first kappa shape index (κ1) is 26.0. The molecule has 1 saturated heterocycles. The van der Waals surface area contributed by atoms with Crippen molar-refractivity contribution in [3.63, 3.8) is 0 Å². The summed E-state index contributed by atoms with van der Waals surface area (Å²) in [5.41, 5.74) is 8.18. The fraction of sp³-hybridized carbons (Fsp3) is 0.310. The molecule has 0 bridgehead atoms. The number of hydrogen-bond donors (Lipinski definition) is 1. The molecule has 1 amide bonds. The van der Waals surface area contributed by atoms with Crippen LogP contribution in [0.4, 0.5) is 4.39 Å². The van der Waals surface area contributed by atoms with E-state index in [1.807, 2.05) is 43.9 Å². The molecule has 1 aromatic carbocycles. The molecule has 4 aromatic rings. The minimum Gasteiger partial charge on any atom is -0.474 e. The first-order valence-electron chi connectivity index (χ1n) is 12.8. The minimum absolute atomic E-state index is 0.0291. The van der Waals surface area contributed by atoms with Crippen LogP contribution >= 0.6 is 11.3 Å². The van der Waals surface area contributed by atoms with Crippen molar-refractivity contribution in [1.29, 1.82) is 5.26 Å². The number of halogens is 1. The molecule has 40 heavy (non-hydrogen) atoms. The molecule has 2 fully saturated rings. The van der Waals surface area contributed by atoms with E-state index < -0.39 is 11.4 Å². The molecule has 1 saturated carbocycles. The second kappa shape index (κ2) is 9.73. The Morgan fingerprint density at radius 1 is 1.18 bits per heavy atom. The number of nitrogens with zero attached hydrogens (tertiary/aromatic N) is 6. The fourth-order valence-electron chi connectivity index (χ4n) is 5.05. The summed E-state index contributed by atoms with van der Waals surface area (Å²) in [6, 6.07) is 11.6. The van der Waals surface area contributed by atoms with Gasteiger partial charge in [-0.3, -0.25) is 4.79 Å². The number of nitrogens with two attached hydrogens (primary N) is 1. The standard InChI is InChI=1S/C29H26FN7O2S/c1-15-25(40-27(35-15)26-33-7-4-8-34-26)28(38)37-13-19-20(14-37)24(19)39-23-11-18(29(2,3)32)10-22(36-23)16-5-6-17(12-31)21(30)9-16/h4-11,19-20,24H,13-14,32H2,1-3H3/t19-,20+,24?. The molecule has 2 N–H and O–H groups in total. The lowest BCUT2D eigenvalue weighted by Crippen LogP contribution is -2.33. The number of pyridine rings is 1. The highest BCUT2D eigenvalue weighted by Crippen LogP contribution is 2.48. The molecular weight excluding hydrogens is 529 g/mol. The molecule has 0 spiro atoms. The Morgan fingerprint density at radius 2 is 1.90 bits per heavy atom. The number of aryl methyl sites for hydroxylation is 1. The summed E-state index contributed by atoms with van der Waals surface area (Å²) in [7, 11) is 0. The number of likely N-dealkylation sites (tertiary alicyclic amines) is 1. The van der Waals surface area contributed by atoms with Gasteiger partial charge >= 0.3 is 0 Å². The largest absolute Gasteiger partial charge is 0.474 e. The Bertz CT molecular complexity index is 1650. The summed E-state index contributed by atoms with van der Waals surface area (Å²) >= 11 is 1.31. The first-order chi connectivity index (χ1) is 19.1. The van der Waals surface area contributed by atoms with E-state index in [1.165, 1.54) is 23.5 Å². The predicted molar refractivity (Wildman–Crippen MR) is 147 cm³/mol.